The Balaban J connectivity index is 2.18. The molecule has 0 N–H and O–H groups in total. The number of carbonyl (C=O) groups excluding carboxylic acids is 1. The van der Waals surface area contributed by atoms with Crippen molar-refractivity contribution in [1.82, 2.24) is 0 Å². The number of ketones is 1. The molecule has 2 aromatic carbocycles. The van der Waals surface area contributed by atoms with Gasteiger partial charge in [-0.15, -0.1) is 0 Å². The first-order chi connectivity index (χ1) is 9.58. The molecule has 20 heavy (non-hydrogen) atoms. The number of para-hydroxylation sites is 1. The van der Waals surface area contributed by atoms with Crippen molar-refractivity contribution in [3.05, 3.63) is 60.2 Å². The molecule has 0 aliphatic carbocycles. The molecule has 0 heterocycles. The van der Waals surface area contributed by atoms with E-state index in [9.17, 15) is 4.79 Å². The molecule has 2 nitrogen and oxygen atoms in total. The molecule has 0 radical (unpaired) electrons. The van der Waals surface area contributed by atoms with Crippen LogP contribution in [0.1, 0.15) is 32.3 Å². The van der Waals surface area contributed by atoms with E-state index in [-0.39, 0.29) is 17.6 Å². The molecule has 0 saturated carbocycles. The van der Waals surface area contributed by atoms with Crippen molar-refractivity contribution in [3.63, 3.8) is 0 Å². The predicted octanol–water partition coefficient (Wildman–Crippen LogP) is 4.81. The summed E-state index contributed by atoms with van der Waals surface area (Å²) in [6.45, 7) is 5.82. The van der Waals surface area contributed by atoms with Gasteiger partial charge in [0.15, 0.2) is 0 Å². The van der Waals surface area contributed by atoms with Crippen LogP contribution < -0.4 is 4.74 Å². The van der Waals surface area contributed by atoms with Crippen molar-refractivity contribution in [1.29, 1.82) is 0 Å². The van der Waals surface area contributed by atoms with Crippen LogP contribution in [0.25, 0.3) is 0 Å². The molecule has 0 saturated heterocycles. The summed E-state index contributed by atoms with van der Waals surface area (Å²) < 4.78 is 5.80. The molecule has 2 rings (SSSR count). The molecule has 2 aromatic rings. The molecular formula is C18H20O2. The summed E-state index contributed by atoms with van der Waals surface area (Å²) in [5.41, 5.74) is 0.997. The van der Waals surface area contributed by atoms with E-state index in [0.29, 0.717) is 0 Å². The molecular weight excluding hydrogens is 248 g/mol. The number of carbonyl (C=O) groups is 1. The Bertz CT molecular complexity index is 573. The summed E-state index contributed by atoms with van der Waals surface area (Å²) in [7, 11) is 0. The lowest BCUT2D eigenvalue weighted by Gasteiger charge is -2.14. The van der Waals surface area contributed by atoms with Crippen molar-refractivity contribution in [3.8, 4) is 11.5 Å². The van der Waals surface area contributed by atoms with Crippen LogP contribution in [0.4, 0.5) is 0 Å². The lowest BCUT2D eigenvalue weighted by molar-refractivity contribution is -0.123. The third-order valence-electron chi connectivity index (χ3n) is 3.33. The van der Waals surface area contributed by atoms with Gasteiger partial charge in [0.1, 0.15) is 17.3 Å². The minimum Gasteiger partial charge on any atom is -0.457 e. The number of hydrogen-bond donors (Lipinski definition) is 0. The zero-order valence-electron chi connectivity index (χ0n) is 12.2. The maximum absolute atomic E-state index is 12.1. The molecule has 0 aliphatic heterocycles. The number of rotatable bonds is 5. The van der Waals surface area contributed by atoms with Crippen LogP contribution in [0.2, 0.25) is 0 Å². The van der Waals surface area contributed by atoms with Crippen LogP contribution in [-0.2, 0) is 4.79 Å². The molecule has 0 spiro atoms. The van der Waals surface area contributed by atoms with E-state index < -0.39 is 0 Å². The fourth-order valence-electron chi connectivity index (χ4n) is 2.14. The van der Waals surface area contributed by atoms with Gasteiger partial charge in [0.05, 0.1) is 0 Å². The van der Waals surface area contributed by atoms with Crippen molar-refractivity contribution >= 4 is 5.78 Å². The second-order valence-electron chi connectivity index (χ2n) is 5.27. The van der Waals surface area contributed by atoms with Gasteiger partial charge in [-0.25, -0.2) is 0 Å². The molecule has 0 fully saturated rings. The highest BCUT2D eigenvalue weighted by Crippen LogP contribution is 2.26. The summed E-state index contributed by atoms with van der Waals surface area (Å²) in [5, 5.41) is 0. The Kier molecular flexibility index (Phi) is 4.57. The summed E-state index contributed by atoms with van der Waals surface area (Å²) in [5.74, 6) is 1.75. The molecule has 0 aliphatic rings. The van der Waals surface area contributed by atoms with Crippen molar-refractivity contribution < 1.29 is 9.53 Å². The molecule has 104 valence electrons. The SMILES string of the molecule is CC(C)C(=O)C(C)c1cccc(Oc2ccccc2)c1. The maximum Gasteiger partial charge on any atom is 0.142 e. The summed E-state index contributed by atoms with van der Waals surface area (Å²) in [6.07, 6.45) is 0. The summed E-state index contributed by atoms with van der Waals surface area (Å²) in [4.78, 5) is 12.1. The van der Waals surface area contributed by atoms with Gasteiger partial charge in [0.2, 0.25) is 0 Å². The van der Waals surface area contributed by atoms with Gasteiger partial charge < -0.3 is 4.74 Å². The van der Waals surface area contributed by atoms with Gasteiger partial charge in [0, 0.05) is 11.8 Å². The second kappa shape index (κ2) is 6.38. The van der Waals surface area contributed by atoms with Crippen LogP contribution in [-0.4, -0.2) is 5.78 Å². The van der Waals surface area contributed by atoms with Crippen LogP contribution >= 0.6 is 0 Å². The minimum atomic E-state index is -0.102. The molecule has 1 atom stereocenters. The van der Waals surface area contributed by atoms with E-state index in [0.717, 1.165) is 17.1 Å². The van der Waals surface area contributed by atoms with Gasteiger partial charge in [-0.3, -0.25) is 4.79 Å². The van der Waals surface area contributed by atoms with Gasteiger partial charge in [0.25, 0.3) is 0 Å². The average molecular weight is 268 g/mol. The quantitative estimate of drug-likeness (QED) is 0.778. The predicted molar refractivity (Wildman–Crippen MR) is 81.2 cm³/mol. The third kappa shape index (κ3) is 3.47. The van der Waals surface area contributed by atoms with Gasteiger partial charge in [-0.05, 0) is 29.8 Å². The zero-order chi connectivity index (χ0) is 14.5. The van der Waals surface area contributed by atoms with E-state index in [1.54, 1.807) is 0 Å². The second-order valence-corrected chi connectivity index (χ2v) is 5.27. The first-order valence-electron chi connectivity index (χ1n) is 6.94. The van der Waals surface area contributed by atoms with Gasteiger partial charge >= 0.3 is 0 Å². The van der Waals surface area contributed by atoms with Gasteiger partial charge in [-0.1, -0.05) is 51.1 Å². The van der Waals surface area contributed by atoms with Crippen LogP contribution in [0.5, 0.6) is 11.5 Å². The Labute approximate surface area is 120 Å². The van der Waals surface area contributed by atoms with E-state index in [2.05, 4.69) is 0 Å². The topological polar surface area (TPSA) is 26.3 Å². The van der Waals surface area contributed by atoms with E-state index >= 15 is 0 Å². The first kappa shape index (κ1) is 14.3. The Morgan fingerprint density at radius 3 is 2.20 bits per heavy atom. The van der Waals surface area contributed by atoms with Crippen molar-refractivity contribution in [2.45, 2.75) is 26.7 Å². The molecule has 0 amide bonds. The summed E-state index contributed by atoms with van der Waals surface area (Å²) in [6, 6.07) is 17.4. The summed E-state index contributed by atoms with van der Waals surface area (Å²) >= 11 is 0. The number of Topliss-reactive ketones (excluding diaryl/α,β-unsaturated/α-hetero) is 1. The van der Waals surface area contributed by atoms with E-state index in [4.69, 9.17) is 4.74 Å². The van der Waals surface area contributed by atoms with Crippen LogP contribution in [0.3, 0.4) is 0 Å². The van der Waals surface area contributed by atoms with Gasteiger partial charge in [-0.2, -0.15) is 0 Å². The smallest absolute Gasteiger partial charge is 0.142 e. The number of hydrogen-bond acceptors (Lipinski definition) is 2. The lowest BCUT2D eigenvalue weighted by Crippen LogP contribution is -2.15. The third-order valence-corrected chi connectivity index (χ3v) is 3.33. The fraction of sp³-hybridized carbons (Fsp3) is 0.278. The highest BCUT2D eigenvalue weighted by Gasteiger charge is 2.18. The molecule has 1 unspecified atom stereocenters. The number of ether oxygens (including phenoxy) is 1. The maximum atomic E-state index is 12.1. The van der Waals surface area contributed by atoms with E-state index in [1.807, 2.05) is 75.4 Å². The van der Waals surface area contributed by atoms with Crippen LogP contribution in [0.15, 0.2) is 54.6 Å². The average Bonchev–Trinajstić information content (AvgIpc) is 2.47. The van der Waals surface area contributed by atoms with E-state index in [1.165, 1.54) is 0 Å². The highest BCUT2D eigenvalue weighted by molar-refractivity contribution is 5.87. The highest BCUT2D eigenvalue weighted by atomic mass is 16.5. The van der Waals surface area contributed by atoms with Crippen LogP contribution in [0, 0.1) is 5.92 Å². The normalized spacial score (nSPS) is 12.2. The Morgan fingerprint density at radius 2 is 1.55 bits per heavy atom. The Hall–Kier alpha value is -2.09. The minimum absolute atomic E-state index is 0.0451. The molecule has 2 heteroatoms. The molecule has 0 aromatic heterocycles. The number of benzene rings is 2. The lowest BCUT2D eigenvalue weighted by atomic mass is 9.90. The zero-order valence-corrected chi connectivity index (χ0v) is 12.2. The van der Waals surface area contributed by atoms with Crippen molar-refractivity contribution in [2.24, 2.45) is 5.92 Å². The largest absolute Gasteiger partial charge is 0.457 e. The Morgan fingerprint density at radius 1 is 0.900 bits per heavy atom. The van der Waals surface area contributed by atoms with Crippen molar-refractivity contribution in [2.75, 3.05) is 0 Å². The standard InChI is InChI=1S/C18H20O2/c1-13(2)18(19)14(3)15-8-7-11-17(12-15)20-16-9-5-4-6-10-16/h4-14H,1-3H3. The molecule has 0 bridgehead atoms. The monoisotopic (exact) mass is 268 g/mol. The fourth-order valence-corrected chi connectivity index (χ4v) is 2.14. The first-order valence-corrected chi connectivity index (χ1v) is 6.94.